The van der Waals surface area contributed by atoms with Gasteiger partial charge in [-0.3, -0.25) is 9.69 Å². The second kappa shape index (κ2) is 13.8. The molecule has 1 aliphatic carbocycles. The minimum atomic E-state index is -0.680. The number of esters is 1. The molecule has 200 valence electrons. The van der Waals surface area contributed by atoms with Gasteiger partial charge in [-0.25, -0.2) is 9.59 Å². The Morgan fingerprint density at radius 2 is 1.86 bits per heavy atom. The summed E-state index contributed by atoms with van der Waals surface area (Å²) >= 11 is 0. The van der Waals surface area contributed by atoms with E-state index in [1.165, 1.54) is 6.92 Å². The fourth-order valence-electron chi connectivity index (χ4n) is 4.50. The van der Waals surface area contributed by atoms with Crippen molar-refractivity contribution in [3.8, 4) is 0 Å². The van der Waals surface area contributed by atoms with E-state index in [9.17, 15) is 14.4 Å². The van der Waals surface area contributed by atoms with Crippen LogP contribution in [0.15, 0.2) is 11.6 Å². The molecular formula is C25H43N3O7. The van der Waals surface area contributed by atoms with Gasteiger partial charge in [-0.05, 0) is 54.0 Å². The SMILES string of the molecule is CCOCCO[C@H]1CCCN([C@@H]2C=C(C(=O)OCC)C[C@H](NC(=O)OC(C)(C)C)[C@H]2NC(C)=O)C1. The molecular weight excluding hydrogens is 454 g/mol. The van der Waals surface area contributed by atoms with Crippen molar-refractivity contribution >= 4 is 18.0 Å². The van der Waals surface area contributed by atoms with E-state index < -0.39 is 29.7 Å². The van der Waals surface area contributed by atoms with Gasteiger partial charge in [-0.2, -0.15) is 0 Å². The van der Waals surface area contributed by atoms with Gasteiger partial charge in [-0.15, -0.1) is 0 Å². The Hall–Kier alpha value is -2.17. The average molecular weight is 498 g/mol. The highest BCUT2D eigenvalue weighted by molar-refractivity contribution is 5.89. The van der Waals surface area contributed by atoms with E-state index in [4.69, 9.17) is 18.9 Å². The molecule has 10 nitrogen and oxygen atoms in total. The van der Waals surface area contributed by atoms with Gasteiger partial charge in [0.2, 0.25) is 5.91 Å². The highest BCUT2D eigenvalue weighted by Crippen LogP contribution is 2.28. The van der Waals surface area contributed by atoms with Crippen LogP contribution in [0.4, 0.5) is 4.79 Å². The van der Waals surface area contributed by atoms with E-state index in [2.05, 4.69) is 15.5 Å². The Balaban J connectivity index is 2.28. The lowest BCUT2D eigenvalue weighted by Crippen LogP contribution is -2.64. The summed E-state index contributed by atoms with van der Waals surface area (Å²) in [5, 5.41) is 5.89. The van der Waals surface area contributed by atoms with Gasteiger partial charge in [0.15, 0.2) is 0 Å². The Morgan fingerprint density at radius 3 is 2.49 bits per heavy atom. The number of hydrogen-bond acceptors (Lipinski definition) is 8. The number of amides is 2. The molecule has 2 rings (SSSR count). The Kier molecular flexibility index (Phi) is 11.5. The van der Waals surface area contributed by atoms with E-state index in [-0.39, 0.29) is 31.1 Å². The summed E-state index contributed by atoms with van der Waals surface area (Å²) in [7, 11) is 0. The van der Waals surface area contributed by atoms with Crippen LogP contribution in [0.1, 0.15) is 60.8 Å². The first-order valence-electron chi connectivity index (χ1n) is 12.6. The summed E-state index contributed by atoms with van der Waals surface area (Å²) in [5.41, 5.74) is -0.209. The summed E-state index contributed by atoms with van der Waals surface area (Å²) in [6, 6.07) is -1.34. The monoisotopic (exact) mass is 497 g/mol. The molecule has 0 unspecified atom stereocenters. The average Bonchev–Trinajstić information content (AvgIpc) is 2.76. The molecule has 0 aromatic carbocycles. The van der Waals surface area contributed by atoms with Gasteiger partial charge in [0.25, 0.3) is 0 Å². The smallest absolute Gasteiger partial charge is 0.407 e. The van der Waals surface area contributed by atoms with Crippen molar-refractivity contribution < 1.29 is 33.3 Å². The van der Waals surface area contributed by atoms with Crippen molar-refractivity contribution in [3.05, 3.63) is 11.6 Å². The lowest BCUT2D eigenvalue weighted by atomic mass is 9.84. The third-order valence-corrected chi connectivity index (χ3v) is 5.84. The van der Waals surface area contributed by atoms with E-state index in [0.717, 1.165) is 19.4 Å². The molecule has 0 aromatic rings. The van der Waals surface area contributed by atoms with Crippen LogP contribution in [0.5, 0.6) is 0 Å². The maximum absolute atomic E-state index is 12.7. The Bertz CT molecular complexity index is 750. The van der Waals surface area contributed by atoms with Gasteiger partial charge in [0.05, 0.1) is 44.1 Å². The summed E-state index contributed by atoms with van der Waals surface area (Å²) in [6.07, 6.45) is 3.35. The number of piperidine rings is 1. The molecule has 10 heteroatoms. The van der Waals surface area contributed by atoms with Gasteiger partial charge in [-0.1, -0.05) is 6.08 Å². The lowest BCUT2D eigenvalue weighted by molar-refractivity contribution is -0.139. The molecule has 1 fully saturated rings. The van der Waals surface area contributed by atoms with Crippen LogP contribution in [0.25, 0.3) is 0 Å². The predicted molar refractivity (Wildman–Crippen MR) is 131 cm³/mol. The number of nitrogens with one attached hydrogen (secondary N) is 2. The highest BCUT2D eigenvalue weighted by Gasteiger charge is 2.41. The zero-order chi connectivity index (χ0) is 26.0. The molecule has 0 aromatic heterocycles. The number of alkyl carbamates (subject to hydrolysis) is 1. The third kappa shape index (κ3) is 9.77. The van der Waals surface area contributed by atoms with Crippen LogP contribution in [0.3, 0.4) is 0 Å². The van der Waals surface area contributed by atoms with Crippen molar-refractivity contribution in [3.63, 3.8) is 0 Å². The van der Waals surface area contributed by atoms with Crippen LogP contribution in [0, 0.1) is 0 Å². The minimum absolute atomic E-state index is 0.0146. The summed E-state index contributed by atoms with van der Waals surface area (Å²) < 4.78 is 22.1. The van der Waals surface area contributed by atoms with Gasteiger partial charge < -0.3 is 29.6 Å². The molecule has 35 heavy (non-hydrogen) atoms. The molecule has 2 amide bonds. The quantitative estimate of drug-likeness (QED) is 0.349. The molecule has 4 atom stereocenters. The van der Waals surface area contributed by atoms with Crippen LogP contribution < -0.4 is 10.6 Å². The van der Waals surface area contributed by atoms with Crippen LogP contribution in [-0.4, -0.2) is 92.2 Å². The fraction of sp³-hybridized carbons (Fsp3) is 0.800. The van der Waals surface area contributed by atoms with E-state index >= 15 is 0 Å². The second-order valence-corrected chi connectivity index (χ2v) is 9.91. The molecule has 2 aliphatic rings. The number of carbonyl (C=O) groups is 3. The van der Waals surface area contributed by atoms with Crippen molar-refractivity contribution in [1.29, 1.82) is 0 Å². The Labute approximate surface area is 209 Å². The summed E-state index contributed by atoms with van der Waals surface area (Å²) in [5.74, 6) is -0.637. The zero-order valence-electron chi connectivity index (χ0n) is 22.1. The topological polar surface area (TPSA) is 115 Å². The number of ether oxygens (including phenoxy) is 4. The number of rotatable bonds is 10. The molecule has 1 aliphatic heterocycles. The molecule has 0 spiro atoms. The van der Waals surface area contributed by atoms with Crippen LogP contribution in [-0.2, 0) is 28.5 Å². The first kappa shape index (κ1) is 29.1. The first-order chi connectivity index (χ1) is 16.5. The number of likely N-dealkylation sites (tertiary alicyclic amines) is 1. The third-order valence-electron chi connectivity index (χ3n) is 5.84. The van der Waals surface area contributed by atoms with Crippen molar-refractivity contribution in [2.45, 2.75) is 90.6 Å². The standard InChI is InChI=1S/C25H43N3O7/c1-7-32-12-13-34-19-10-9-11-28(16-19)21-15-18(23(30)33-8-2)14-20(22(21)26-17(3)29)27-24(31)35-25(4,5)6/h15,19-22H,7-14,16H2,1-6H3,(H,26,29)(H,27,31)/t19-,20-,21+,22+/m0/s1. The minimum Gasteiger partial charge on any atom is -0.463 e. The lowest BCUT2D eigenvalue weighted by Gasteiger charge is -2.45. The van der Waals surface area contributed by atoms with Gasteiger partial charge in [0, 0.05) is 32.1 Å². The predicted octanol–water partition coefficient (Wildman–Crippen LogP) is 2.16. The molecule has 2 N–H and O–H groups in total. The van der Waals surface area contributed by atoms with E-state index in [1.807, 2.05) is 13.0 Å². The molecule has 0 radical (unpaired) electrons. The number of carbonyl (C=O) groups excluding carboxylic acids is 3. The van der Waals surface area contributed by atoms with Crippen molar-refractivity contribution in [2.24, 2.45) is 0 Å². The highest BCUT2D eigenvalue weighted by atomic mass is 16.6. The zero-order valence-corrected chi connectivity index (χ0v) is 22.1. The van der Waals surface area contributed by atoms with E-state index in [1.54, 1.807) is 27.7 Å². The Morgan fingerprint density at radius 1 is 1.11 bits per heavy atom. The maximum Gasteiger partial charge on any atom is 0.407 e. The maximum atomic E-state index is 12.7. The van der Waals surface area contributed by atoms with Gasteiger partial charge in [0.1, 0.15) is 5.60 Å². The summed E-state index contributed by atoms with van der Waals surface area (Å²) in [4.78, 5) is 39.7. The van der Waals surface area contributed by atoms with E-state index in [0.29, 0.717) is 31.9 Å². The van der Waals surface area contributed by atoms with Crippen LogP contribution >= 0.6 is 0 Å². The largest absolute Gasteiger partial charge is 0.463 e. The number of nitrogens with zero attached hydrogens (tertiary/aromatic N) is 1. The van der Waals surface area contributed by atoms with Crippen molar-refractivity contribution in [2.75, 3.05) is 39.5 Å². The number of hydrogen-bond donors (Lipinski definition) is 2. The normalized spacial score (nSPS) is 25.4. The second-order valence-electron chi connectivity index (χ2n) is 9.91. The summed E-state index contributed by atoms with van der Waals surface area (Å²) in [6.45, 7) is 13.9. The van der Waals surface area contributed by atoms with Gasteiger partial charge >= 0.3 is 12.1 Å². The first-order valence-corrected chi connectivity index (χ1v) is 12.6. The molecule has 1 saturated heterocycles. The van der Waals surface area contributed by atoms with Crippen molar-refractivity contribution in [1.82, 2.24) is 15.5 Å². The molecule has 0 bridgehead atoms. The fourth-order valence-corrected chi connectivity index (χ4v) is 4.50. The molecule has 1 heterocycles. The van der Waals surface area contributed by atoms with Crippen LogP contribution in [0.2, 0.25) is 0 Å². The molecule has 0 saturated carbocycles.